The summed E-state index contributed by atoms with van der Waals surface area (Å²) in [5.41, 5.74) is 4.85. The fraction of sp³-hybridized carbons (Fsp3) is 0. The molecule has 28 heavy (non-hydrogen) atoms. The highest BCUT2D eigenvalue weighted by Crippen LogP contribution is 2.15. The Balaban J connectivity index is 1.92. The predicted molar refractivity (Wildman–Crippen MR) is 112 cm³/mol. The summed E-state index contributed by atoms with van der Waals surface area (Å²) in [4.78, 5) is 4.03. The number of hydrazone groups is 1. The van der Waals surface area contributed by atoms with E-state index < -0.39 is 10.1 Å². The highest BCUT2D eigenvalue weighted by molar-refractivity contribution is 7.85. The number of hydrogen-bond donors (Lipinski definition) is 3. The number of nitrogens with zero attached hydrogens (tertiary/aromatic N) is 2. The van der Waals surface area contributed by atoms with Crippen LogP contribution in [0.4, 0.5) is 5.69 Å². The van der Waals surface area contributed by atoms with E-state index in [9.17, 15) is 13.0 Å². The largest absolute Gasteiger partial charge is 0.331 e. The molecule has 1 aromatic heterocycles. The number of pyridine rings is 1. The number of rotatable bonds is 5. The second-order valence-corrected chi connectivity index (χ2v) is 7.44. The van der Waals surface area contributed by atoms with E-state index >= 15 is 0 Å². The van der Waals surface area contributed by atoms with Gasteiger partial charge in [0.1, 0.15) is 5.71 Å². The monoisotopic (exact) mass is 412 g/mol. The number of hydrogen-bond acceptors (Lipinski definition) is 5. The standard InChI is InChI=1S/C19H16N4O3S2/c24-28(25,26)16-10-6-7-14(13-16)18(17-11-4-5-12-20-17)22-23-19(27)21-15-8-2-1-3-9-15/h1-13H,(H2,21,23,27)(H,24,25,26)/b22-18-. The second-order valence-electron chi connectivity index (χ2n) is 5.61. The topological polar surface area (TPSA) is 104 Å². The minimum Gasteiger partial charge on any atom is -0.331 e. The maximum absolute atomic E-state index is 11.5. The minimum atomic E-state index is -4.35. The van der Waals surface area contributed by atoms with Crippen molar-refractivity contribution < 1.29 is 13.0 Å². The lowest BCUT2D eigenvalue weighted by Gasteiger charge is -2.10. The van der Waals surface area contributed by atoms with Gasteiger partial charge in [0, 0.05) is 17.4 Å². The molecule has 3 rings (SSSR count). The van der Waals surface area contributed by atoms with E-state index in [1.807, 2.05) is 30.3 Å². The molecule has 0 saturated heterocycles. The van der Waals surface area contributed by atoms with Crippen molar-refractivity contribution in [2.24, 2.45) is 5.10 Å². The molecule has 0 radical (unpaired) electrons. The lowest BCUT2D eigenvalue weighted by molar-refractivity contribution is 0.483. The molecule has 0 unspecified atom stereocenters. The number of nitrogens with one attached hydrogen (secondary N) is 2. The molecule has 0 spiro atoms. The number of thiocarbonyl (C=S) groups is 1. The SMILES string of the molecule is O=S(=O)(O)c1cccc(/C(=N/NC(=S)Nc2ccccc2)c2ccccn2)c1. The molecule has 3 N–H and O–H groups in total. The molecule has 0 aliphatic heterocycles. The Morgan fingerprint density at radius 1 is 1.00 bits per heavy atom. The van der Waals surface area contributed by atoms with Gasteiger partial charge in [-0.3, -0.25) is 15.0 Å². The van der Waals surface area contributed by atoms with Gasteiger partial charge in [0.05, 0.1) is 10.6 Å². The van der Waals surface area contributed by atoms with Crippen LogP contribution in [0.25, 0.3) is 0 Å². The van der Waals surface area contributed by atoms with E-state index in [-0.39, 0.29) is 10.0 Å². The smallest absolute Gasteiger partial charge is 0.294 e. The van der Waals surface area contributed by atoms with Gasteiger partial charge in [0.2, 0.25) is 0 Å². The van der Waals surface area contributed by atoms with Crippen molar-refractivity contribution in [3.63, 3.8) is 0 Å². The normalized spacial score (nSPS) is 11.7. The van der Waals surface area contributed by atoms with Crippen LogP contribution in [-0.2, 0) is 10.1 Å². The predicted octanol–water partition coefficient (Wildman–Crippen LogP) is 3.07. The van der Waals surface area contributed by atoms with E-state index in [0.717, 1.165) is 5.69 Å². The van der Waals surface area contributed by atoms with Crippen LogP contribution >= 0.6 is 12.2 Å². The van der Waals surface area contributed by atoms with Gasteiger partial charge in [0.25, 0.3) is 10.1 Å². The molecular weight excluding hydrogens is 396 g/mol. The molecule has 2 aromatic carbocycles. The summed E-state index contributed by atoms with van der Waals surface area (Å²) < 4.78 is 32.3. The molecule has 0 aliphatic carbocycles. The third-order valence-electron chi connectivity index (χ3n) is 3.61. The molecule has 3 aromatic rings. The molecule has 142 valence electrons. The van der Waals surface area contributed by atoms with Gasteiger partial charge >= 0.3 is 0 Å². The summed E-state index contributed by atoms with van der Waals surface area (Å²) >= 11 is 5.25. The van der Waals surface area contributed by atoms with E-state index in [1.165, 1.54) is 18.2 Å². The van der Waals surface area contributed by atoms with Crippen LogP contribution in [0.3, 0.4) is 0 Å². The number of aromatic nitrogens is 1. The van der Waals surface area contributed by atoms with Gasteiger partial charge in [-0.05, 0) is 48.6 Å². The highest BCUT2D eigenvalue weighted by atomic mass is 32.2. The van der Waals surface area contributed by atoms with Gasteiger partial charge in [-0.1, -0.05) is 36.4 Å². The molecule has 0 fully saturated rings. The summed E-state index contributed by atoms with van der Waals surface area (Å²) in [6.45, 7) is 0. The average molecular weight is 412 g/mol. The quantitative estimate of drug-likeness (QED) is 0.256. The maximum atomic E-state index is 11.5. The first kappa shape index (κ1) is 19.6. The molecule has 0 saturated carbocycles. The van der Waals surface area contributed by atoms with Crippen LogP contribution in [-0.4, -0.2) is 28.8 Å². The molecular formula is C19H16N4O3S2. The fourth-order valence-electron chi connectivity index (χ4n) is 2.36. The van der Waals surface area contributed by atoms with E-state index in [0.29, 0.717) is 17.0 Å². The van der Waals surface area contributed by atoms with Crippen molar-refractivity contribution in [3.8, 4) is 0 Å². The summed E-state index contributed by atoms with van der Waals surface area (Å²) in [6.07, 6.45) is 1.60. The van der Waals surface area contributed by atoms with Gasteiger partial charge in [-0.25, -0.2) is 0 Å². The van der Waals surface area contributed by atoms with Crippen molar-refractivity contribution in [2.75, 3.05) is 5.32 Å². The van der Waals surface area contributed by atoms with Crippen molar-refractivity contribution in [2.45, 2.75) is 4.90 Å². The maximum Gasteiger partial charge on any atom is 0.294 e. The molecule has 7 nitrogen and oxygen atoms in total. The van der Waals surface area contributed by atoms with Gasteiger partial charge < -0.3 is 5.32 Å². The Bertz CT molecular complexity index is 1100. The Hall–Kier alpha value is -3.14. The molecule has 1 heterocycles. The number of anilines is 1. The van der Waals surface area contributed by atoms with Gasteiger partial charge in [0.15, 0.2) is 5.11 Å². The van der Waals surface area contributed by atoms with Crippen LogP contribution in [0.5, 0.6) is 0 Å². The van der Waals surface area contributed by atoms with Crippen molar-refractivity contribution in [1.29, 1.82) is 0 Å². The number of para-hydroxylation sites is 1. The average Bonchev–Trinajstić information content (AvgIpc) is 2.69. The van der Waals surface area contributed by atoms with Gasteiger partial charge in [-0.2, -0.15) is 13.5 Å². The first-order valence-corrected chi connectivity index (χ1v) is 9.97. The van der Waals surface area contributed by atoms with Crippen LogP contribution in [0, 0.1) is 0 Å². The zero-order valence-corrected chi connectivity index (χ0v) is 16.1. The van der Waals surface area contributed by atoms with Crippen LogP contribution in [0.1, 0.15) is 11.3 Å². The van der Waals surface area contributed by atoms with Crippen LogP contribution < -0.4 is 10.7 Å². The van der Waals surface area contributed by atoms with Crippen molar-refractivity contribution >= 4 is 38.8 Å². The Kier molecular flexibility index (Phi) is 6.09. The molecule has 0 amide bonds. The van der Waals surface area contributed by atoms with Crippen LogP contribution in [0.15, 0.2) is 89.0 Å². The van der Waals surface area contributed by atoms with E-state index in [4.69, 9.17) is 12.2 Å². The number of benzene rings is 2. The molecule has 0 aliphatic rings. The Labute approximate surface area is 167 Å². The first-order valence-electron chi connectivity index (χ1n) is 8.12. The summed E-state index contributed by atoms with van der Waals surface area (Å²) in [5.74, 6) is 0. The van der Waals surface area contributed by atoms with Gasteiger partial charge in [-0.15, -0.1) is 0 Å². The Morgan fingerprint density at radius 3 is 2.43 bits per heavy atom. The van der Waals surface area contributed by atoms with Crippen LogP contribution in [0.2, 0.25) is 0 Å². The lowest BCUT2D eigenvalue weighted by atomic mass is 10.1. The van der Waals surface area contributed by atoms with Crippen molar-refractivity contribution in [3.05, 3.63) is 90.3 Å². The lowest BCUT2D eigenvalue weighted by Crippen LogP contribution is -2.26. The second kappa shape index (κ2) is 8.70. The zero-order valence-electron chi connectivity index (χ0n) is 14.5. The fourth-order valence-corrected chi connectivity index (χ4v) is 3.05. The zero-order chi connectivity index (χ0) is 20.0. The third-order valence-corrected chi connectivity index (χ3v) is 4.66. The third kappa shape index (κ3) is 5.19. The van der Waals surface area contributed by atoms with Crippen molar-refractivity contribution in [1.82, 2.24) is 10.4 Å². The minimum absolute atomic E-state index is 0.237. The Morgan fingerprint density at radius 2 is 1.75 bits per heavy atom. The van der Waals surface area contributed by atoms with E-state index in [1.54, 1.807) is 30.5 Å². The molecule has 0 bridgehead atoms. The first-order chi connectivity index (χ1) is 13.4. The summed E-state index contributed by atoms with van der Waals surface area (Å²) in [7, 11) is -4.35. The molecule has 9 heteroatoms. The summed E-state index contributed by atoms with van der Waals surface area (Å²) in [5, 5.41) is 7.56. The highest BCUT2D eigenvalue weighted by Gasteiger charge is 2.14. The summed E-state index contributed by atoms with van der Waals surface area (Å²) in [6, 6.07) is 20.4. The molecule has 0 atom stereocenters. The van der Waals surface area contributed by atoms with E-state index in [2.05, 4.69) is 20.8 Å².